The van der Waals surface area contributed by atoms with Crippen molar-refractivity contribution in [3.63, 3.8) is 0 Å². The van der Waals surface area contributed by atoms with Crippen LogP contribution in [0.2, 0.25) is 0 Å². The smallest absolute Gasteiger partial charge is 0.0648 e. The molecule has 2 rings (SSSR count). The Bertz CT molecular complexity index is 190. The van der Waals surface area contributed by atoms with Crippen molar-refractivity contribution in [1.82, 2.24) is 10.2 Å². The van der Waals surface area contributed by atoms with Gasteiger partial charge in [-0.25, -0.2) is 0 Å². The first-order valence-corrected chi connectivity index (χ1v) is 5.81. The van der Waals surface area contributed by atoms with Crippen molar-refractivity contribution in [3.8, 4) is 0 Å². The summed E-state index contributed by atoms with van der Waals surface area (Å²) in [6.07, 6.45) is 2.43. The molecule has 3 nitrogen and oxygen atoms in total. The summed E-state index contributed by atoms with van der Waals surface area (Å²) in [6.45, 7) is 9.97. The van der Waals surface area contributed by atoms with Gasteiger partial charge in [0.05, 0.1) is 6.61 Å². The van der Waals surface area contributed by atoms with Crippen LogP contribution in [0.5, 0.6) is 0 Å². The molecule has 0 bridgehead atoms. The van der Waals surface area contributed by atoms with Crippen molar-refractivity contribution in [2.24, 2.45) is 0 Å². The van der Waals surface area contributed by atoms with E-state index >= 15 is 0 Å². The Morgan fingerprint density at radius 2 is 2.43 bits per heavy atom. The van der Waals surface area contributed by atoms with Gasteiger partial charge >= 0.3 is 0 Å². The third-order valence-electron chi connectivity index (χ3n) is 3.71. The number of nitrogens with one attached hydrogen (secondary N) is 1. The van der Waals surface area contributed by atoms with Crippen molar-refractivity contribution in [2.75, 3.05) is 32.8 Å². The third kappa shape index (κ3) is 1.95. The van der Waals surface area contributed by atoms with Gasteiger partial charge in [-0.3, -0.25) is 4.90 Å². The Morgan fingerprint density at radius 1 is 1.57 bits per heavy atom. The fraction of sp³-hybridized carbons (Fsp3) is 1.00. The van der Waals surface area contributed by atoms with E-state index in [4.69, 9.17) is 4.74 Å². The zero-order valence-electron chi connectivity index (χ0n) is 9.38. The lowest BCUT2D eigenvalue weighted by Gasteiger charge is -2.43. The van der Waals surface area contributed by atoms with Crippen LogP contribution in [0, 0.1) is 0 Å². The zero-order valence-corrected chi connectivity index (χ0v) is 9.38. The van der Waals surface area contributed by atoms with Gasteiger partial charge in [0.1, 0.15) is 0 Å². The van der Waals surface area contributed by atoms with E-state index in [1.165, 1.54) is 25.9 Å². The van der Waals surface area contributed by atoms with Gasteiger partial charge < -0.3 is 10.1 Å². The second kappa shape index (κ2) is 4.17. The average molecular weight is 198 g/mol. The lowest BCUT2D eigenvalue weighted by atomic mass is 9.96. The summed E-state index contributed by atoms with van der Waals surface area (Å²) in [5, 5.41) is 3.56. The highest BCUT2D eigenvalue weighted by Crippen LogP contribution is 2.26. The van der Waals surface area contributed by atoms with E-state index in [-0.39, 0.29) is 0 Å². The van der Waals surface area contributed by atoms with Gasteiger partial charge in [0.2, 0.25) is 0 Å². The van der Waals surface area contributed by atoms with Crippen molar-refractivity contribution in [1.29, 1.82) is 0 Å². The molecule has 0 aromatic rings. The van der Waals surface area contributed by atoms with E-state index in [1.54, 1.807) is 0 Å². The molecule has 1 N–H and O–H groups in total. The maximum atomic E-state index is 5.52. The standard InChI is InChI=1S/C11H22N2O/c1-3-10-8-13(6-5-12-10)11(2)4-7-14-9-11/h10,12H,3-9H2,1-2H3. The molecule has 2 aliphatic rings. The van der Waals surface area contributed by atoms with E-state index in [0.29, 0.717) is 11.6 Å². The Labute approximate surface area is 86.8 Å². The molecular weight excluding hydrogens is 176 g/mol. The highest BCUT2D eigenvalue weighted by molar-refractivity contribution is 4.93. The summed E-state index contributed by atoms with van der Waals surface area (Å²) < 4.78 is 5.52. The molecule has 2 saturated heterocycles. The highest BCUT2D eigenvalue weighted by atomic mass is 16.5. The average Bonchev–Trinajstić information content (AvgIpc) is 2.67. The molecule has 0 aliphatic carbocycles. The van der Waals surface area contributed by atoms with Gasteiger partial charge in [0, 0.05) is 37.8 Å². The van der Waals surface area contributed by atoms with Gasteiger partial charge in [0.25, 0.3) is 0 Å². The summed E-state index contributed by atoms with van der Waals surface area (Å²) in [7, 11) is 0. The van der Waals surface area contributed by atoms with E-state index in [9.17, 15) is 0 Å². The quantitative estimate of drug-likeness (QED) is 0.712. The summed E-state index contributed by atoms with van der Waals surface area (Å²) in [6, 6.07) is 0.682. The van der Waals surface area contributed by atoms with Crippen LogP contribution < -0.4 is 5.32 Å². The van der Waals surface area contributed by atoms with Gasteiger partial charge in [-0.1, -0.05) is 6.92 Å². The number of hydrogen-bond donors (Lipinski definition) is 1. The fourth-order valence-electron chi connectivity index (χ4n) is 2.49. The minimum Gasteiger partial charge on any atom is -0.379 e. The molecule has 2 fully saturated rings. The molecule has 3 heteroatoms. The lowest BCUT2D eigenvalue weighted by Crippen LogP contribution is -2.58. The van der Waals surface area contributed by atoms with Crippen LogP contribution in [0.15, 0.2) is 0 Å². The largest absolute Gasteiger partial charge is 0.379 e. The minimum absolute atomic E-state index is 0.315. The van der Waals surface area contributed by atoms with Crippen molar-refractivity contribution in [3.05, 3.63) is 0 Å². The van der Waals surface area contributed by atoms with Crippen LogP contribution >= 0.6 is 0 Å². The van der Waals surface area contributed by atoms with E-state index in [0.717, 1.165) is 19.8 Å². The highest BCUT2D eigenvalue weighted by Gasteiger charge is 2.37. The molecule has 2 heterocycles. The molecule has 82 valence electrons. The molecule has 0 aromatic heterocycles. The molecule has 0 saturated carbocycles. The Balaban J connectivity index is 1.96. The van der Waals surface area contributed by atoms with Crippen molar-refractivity contribution < 1.29 is 4.74 Å². The SMILES string of the molecule is CCC1CN(C2(C)CCOC2)CCN1. The maximum Gasteiger partial charge on any atom is 0.0648 e. The summed E-state index contributed by atoms with van der Waals surface area (Å²) in [4.78, 5) is 2.62. The fourth-order valence-corrected chi connectivity index (χ4v) is 2.49. The molecule has 0 amide bonds. The van der Waals surface area contributed by atoms with Gasteiger partial charge in [-0.05, 0) is 19.8 Å². The lowest BCUT2D eigenvalue weighted by molar-refractivity contribution is 0.0537. The number of hydrogen-bond acceptors (Lipinski definition) is 3. The first kappa shape index (κ1) is 10.4. The topological polar surface area (TPSA) is 24.5 Å². The van der Waals surface area contributed by atoms with E-state index in [2.05, 4.69) is 24.1 Å². The number of piperazine rings is 1. The minimum atomic E-state index is 0.315. The van der Waals surface area contributed by atoms with Crippen LogP contribution in [0.3, 0.4) is 0 Å². The molecule has 2 atom stereocenters. The van der Waals surface area contributed by atoms with Gasteiger partial charge in [0.15, 0.2) is 0 Å². The molecule has 2 aliphatic heterocycles. The molecule has 2 unspecified atom stereocenters. The Kier molecular flexibility index (Phi) is 3.10. The normalized spacial score (nSPS) is 40.3. The zero-order chi connectivity index (χ0) is 10.0. The van der Waals surface area contributed by atoms with Crippen LogP contribution in [0.4, 0.5) is 0 Å². The van der Waals surface area contributed by atoms with E-state index < -0.39 is 0 Å². The monoisotopic (exact) mass is 198 g/mol. The second-order valence-electron chi connectivity index (χ2n) is 4.80. The van der Waals surface area contributed by atoms with Crippen LogP contribution in [-0.4, -0.2) is 49.3 Å². The summed E-state index contributed by atoms with van der Waals surface area (Å²) >= 11 is 0. The van der Waals surface area contributed by atoms with E-state index in [1.807, 2.05) is 0 Å². The van der Waals surface area contributed by atoms with Crippen LogP contribution in [0.25, 0.3) is 0 Å². The first-order valence-electron chi connectivity index (χ1n) is 5.81. The Hall–Kier alpha value is -0.120. The predicted molar refractivity (Wildman–Crippen MR) is 57.5 cm³/mol. The molecule has 0 radical (unpaired) electrons. The predicted octanol–water partition coefficient (Wildman–Crippen LogP) is 0.849. The number of rotatable bonds is 2. The maximum absolute atomic E-state index is 5.52. The van der Waals surface area contributed by atoms with Gasteiger partial charge in [-0.15, -0.1) is 0 Å². The molecule has 0 spiro atoms. The van der Waals surface area contributed by atoms with Crippen molar-refractivity contribution in [2.45, 2.75) is 38.3 Å². The second-order valence-corrected chi connectivity index (χ2v) is 4.80. The summed E-state index contributed by atoms with van der Waals surface area (Å²) in [5.74, 6) is 0. The van der Waals surface area contributed by atoms with Crippen molar-refractivity contribution >= 4 is 0 Å². The van der Waals surface area contributed by atoms with Crippen LogP contribution in [0.1, 0.15) is 26.7 Å². The summed E-state index contributed by atoms with van der Waals surface area (Å²) in [5.41, 5.74) is 0.315. The number of nitrogens with zero attached hydrogens (tertiary/aromatic N) is 1. The first-order chi connectivity index (χ1) is 6.74. The molecule has 0 aromatic carbocycles. The molecular formula is C11H22N2O. The van der Waals surface area contributed by atoms with Gasteiger partial charge in [-0.2, -0.15) is 0 Å². The Morgan fingerprint density at radius 3 is 3.07 bits per heavy atom. The number of ether oxygens (including phenoxy) is 1. The third-order valence-corrected chi connectivity index (χ3v) is 3.71. The van der Waals surface area contributed by atoms with Crippen LogP contribution in [-0.2, 0) is 4.74 Å². The molecule has 14 heavy (non-hydrogen) atoms.